The van der Waals surface area contributed by atoms with Gasteiger partial charge in [0, 0.05) is 30.5 Å². The third-order valence-electron chi connectivity index (χ3n) is 4.88. The number of methoxy groups -OCH3 is 1. The first-order valence-corrected chi connectivity index (χ1v) is 8.41. The highest BCUT2D eigenvalue weighted by molar-refractivity contribution is 5.90. The molecule has 0 spiro atoms. The molecule has 0 saturated carbocycles. The van der Waals surface area contributed by atoms with Gasteiger partial charge in [-0.3, -0.25) is 0 Å². The molecule has 2 amide bonds. The number of hydrogen-bond acceptors (Lipinski definition) is 5. The predicted molar refractivity (Wildman–Crippen MR) is 95.0 cm³/mol. The Morgan fingerprint density at radius 3 is 2.56 bits per heavy atom. The van der Waals surface area contributed by atoms with E-state index in [1.54, 1.807) is 13.4 Å². The van der Waals surface area contributed by atoms with Gasteiger partial charge in [-0.1, -0.05) is 0 Å². The van der Waals surface area contributed by atoms with Crippen LogP contribution in [0.5, 0.6) is 5.75 Å². The van der Waals surface area contributed by atoms with Gasteiger partial charge < -0.3 is 19.9 Å². The number of hydrogen-bond donors (Lipinski definition) is 1. The molecule has 130 valence electrons. The van der Waals surface area contributed by atoms with Gasteiger partial charge in [0.25, 0.3) is 0 Å². The number of aryl methyl sites for hydroxylation is 1. The Labute approximate surface area is 146 Å². The number of benzene rings is 1. The Balaban J connectivity index is 1.39. The van der Waals surface area contributed by atoms with E-state index < -0.39 is 0 Å². The summed E-state index contributed by atoms with van der Waals surface area (Å²) in [4.78, 5) is 25.3. The van der Waals surface area contributed by atoms with Gasteiger partial charge in [0.05, 0.1) is 19.2 Å². The molecule has 5 rings (SSSR count). The lowest BCUT2D eigenvalue weighted by Gasteiger charge is -2.56. The molecule has 2 bridgehead atoms. The summed E-state index contributed by atoms with van der Waals surface area (Å²) >= 11 is 0. The third-order valence-corrected chi connectivity index (χ3v) is 4.88. The molecular formula is C18H21N5O2. The van der Waals surface area contributed by atoms with E-state index >= 15 is 0 Å². The van der Waals surface area contributed by atoms with Crippen LogP contribution in [-0.2, 0) is 0 Å². The monoisotopic (exact) mass is 339 g/mol. The lowest BCUT2D eigenvalue weighted by atomic mass is 9.88. The van der Waals surface area contributed by atoms with Crippen LogP contribution in [0.15, 0.2) is 36.7 Å². The molecular weight excluding hydrogens is 318 g/mol. The van der Waals surface area contributed by atoms with Gasteiger partial charge in [-0.2, -0.15) is 0 Å². The van der Waals surface area contributed by atoms with Gasteiger partial charge in [-0.15, -0.1) is 0 Å². The molecule has 0 aliphatic carbocycles. The fourth-order valence-corrected chi connectivity index (χ4v) is 3.60. The molecule has 2 atom stereocenters. The summed E-state index contributed by atoms with van der Waals surface area (Å²) in [6.45, 7) is 3.58. The number of urea groups is 1. The Hall–Kier alpha value is -2.83. The van der Waals surface area contributed by atoms with Gasteiger partial charge in [-0.05, 0) is 37.6 Å². The smallest absolute Gasteiger partial charge is 0.322 e. The minimum absolute atomic E-state index is 0.0371. The second kappa shape index (κ2) is 6.23. The van der Waals surface area contributed by atoms with Crippen molar-refractivity contribution < 1.29 is 9.53 Å². The van der Waals surface area contributed by atoms with Crippen molar-refractivity contribution in [2.24, 2.45) is 0 Å². The molecule has 7 heteroatoms. The van der Waals surface area contributed by atoms with E-state index in [9.17, 15) is 4.79 Å². The summed E-state index contributed by atoms with van der Waals surface area (Å²) in [6, 6.07) is 9.79. The zero-order chi connectivity index (χ0) is 17.4. The zero-order valence-electron chi connectivity index (χ0n) is 14.3. The predicted octanol–water partition coefficient (Wildman–Crippen LogP) is 2.29. The SMILES string of the molecule is COc1ccc(NC(=O)N2C3CC2CN(c2cc(C)ncn2)C3)cc1. The van der Waals surface area contributed by atoms with Crippen molar-refractivity contribution in [3.05, 3.63) is 42.4 Å². The lowest BCUT2D eigenvalue weighted by molar-refractivity contribution is 0.0436. The van der Waals surface area contributed by atoms with Crippen LogP contribution < -0.4 is 15.0 Å². The van der Waals surface area contributed by atoms with Crippen LogP contribution in [0.4, 0.5) is 16.3 Å². The number of rotatable bonds is 3. The summed E-state index contributed by atoms with van der Waals surface area (Å²) in [5.74, 6) is 1.71. The maximum Gasteiger partial charge on any atom is 0.322 e. The van der Waals surface area contributed by atoms with Crippen molar-refractivity contribution in [1.29, 1.82) is 0 Å². The second-order valence-electron chi connectivity index (χ2n) is 6.53. The fourth-order valence-electron chi connectivity index (χ4n) is 3.60. The average Bonchev–Trinajstić information content (AvgIpc) is 2.62. The number of carbonyl (C=O) groups excluding carboxylic acids is 1. The van der Waals surface area contributed by atoms with Gasteiger partial charge in [0.2, 0.25) is 0 Å². The van der Waals surface area contributed by atoms with E-state index in [1.165, 1.54) is 0 Å². The molecule has 3 saturated heterocycles. The number of carbonyl (C=O) groups is 1. The maximum absolute atomic E-state index is 12.6. The molecule has 7 nitrogen and oxygen atoms in total. The van der Waals surface area contributed by atoms with E-state index in [-0.39, 0.29) is 18.1 Å². The molecule has 2 aromatic rings. The van der Waals surface area contributed by atoms with Crippen molar-refractivity contribution in [1.82, 2.24) is 14.9 Å². The van der Waals surface area contributed by atoms with Crippen LogP contribution >= 0.6 is 0 Å². The van der Waals surface area contributed by atoms with Gasteiger partial charge in [0.15, 0.2) is 0 Å². The molecule has 1 aromatic carbocycles. The highest BCUT2D eigenvalue weighted by atomic mass is 16.5. The molecule has 0 radical (unpaired) electrons. The minimum atomic E-state index is -0.0371. The van der Waals surface area contributed by atoms with Crippen LogP contribution in [-0.4, -0.2) is 53.2 Å². The van der Waals surface area contributed by atoms with Crippen molar-refractivity contribution in [3.8, 4) is 5.75 Å². The van der Waals surface area contributed by atoms with Crippen molar-refractivity contribution in [2.45, 2.75) is 25.4 Å². The first-order chi connectivity index (χ1) is 12.1. The third kappa shape index (κ3) is 2.97. The maximum atomic E-state index is 12.6. The first-order valence-electron chi connectivity index (χ1n) is 8.41. The number of piperazine rings is 1. The number of fused-ring (bicyclic) bond motifs is 2. The molecule has 3 fully saturated rings. The summed E-state index contributed by atoms with van der Waals surface area (Å²) in [7, 11) is 1.62. The van der Waals surface area contributed by atoms with Crippen LogP contribution in [0.1, 0.15) is 12.1 Å². The highest BCUT2D eigenvalue weighted by Gasteiger charge is 2.47. The zero-order valence-corrected chi connectivity index (χ0v) is 14.3. The van der Waals surface area contributed by atoms with E-state index in [4.69, 9.17) is 4.74 Å². The molecule has 25 heavy (non-hydrogen) atoms. The number of nitrogens with one attached hydrogen (secondary N) is 1. The van der Waals surface area contributed by atoms with E-state index in [0.717, 1.165) is 42.5 Å². The summed E-state index contributed by atoms with van der Waals surface area (Å²) in [6.07, 6.45) is 2.65. The van der Waals surface area contributed by atoms with E-state index in [0.29, 0.717) is 0 Å². The van der Waals surface area contributed by atoms with Gasteiger partial charge >= 0.3 is 6.03 Å². The topological polar surface area (TPSA) is 70.6 Å². The standard InChI is InChI=1S/C18H21N5O2/c1-12-7-17(20-11-19-12)22-9-14-8-15(10-22)23(14)18(24)21-13-3-5-16(25-2)6-4-13/h3-7,11,14-15H,8-10H2,1-2H3,(H,21,24). The average molecular weight is 339 g/mol. The quantitative estimate of drug-likeness (QED) is 0.929. The van der Waals surface area contributed by atoms with Crippen LogP contribution in [0.3, 0.4) is 0 Å². The van der Waals surface area contributed by atoms with Gasteiger partial charge in [-0.25, -0.2) is 14.8 Å². The molecule has 3 aliphatic heterocycles. The first kappa shape index (κ1) is 15.7. The number of aromatic nitrogens is 2. The summed E-state index contributed by atoms with van der Waals surface area (Å²) in [5, 5.41) is 2.97. The van der Waals surface area contributed by atoms with E-state index in [2.05, 4.69) is 20.2 Å². The molecule has 1 N–H and O–H groups in total. The lowest BCUT2D eigenvalue weighted by Crippen LogP contribution is -2.71. The van der Waals surface area contributed by atoms with Gasteiger partial charge in [0.1, 0.15) is 17.9 Å². The molecule has 2 unspecified atom stereocenters. The van der Waals surface area contributed by atoms with Crippen molar-refractivity contribution >= 4 is 17.5 Å². The number of piperidine rings is 1. The largest absolute Gasteiger partial charge is 0.497 e. The van der Waals surface area contributed by atoms with Crippen LogP contribution in [0.25, 0.3) is 0 Å². The Morgan fingerprint density at radius 2 is 1.92 bits per heavy atom. The van der Waals surface area contributed by atoms with Crippen LogP contribution in [0.2, 0.25) is 0 Å². The normalized spacial score (nSPS) is 21.5. The Morgan fingerprint density at radius 1 is 1.20 bits per heavy atom. The summed E-state index contributed by atoms with van der Waals surface area (Å²) < 4.78 is 5.14. The molecule has 3 aliphatic rings. The second-order valence-corrected chi connectivity index (χ2v) is 6.53. The fraction of sp³-hybridized carbons (Fsp3) is 0.389. The van der Waals surface area contributed by atoms with E-state index in [1.807, 2.05) is 42.2 Å². The Bertz CT molecular complexity index is 767. The Kier molecular flexibility index (Phi) is 3.91. The van der Waals surface area contributed by atoms with Crippen LogP contribution in [0, 0.1) is 6.92 Å². The van der Waals surface area contributed by atoms with Crippen molar-refractivity contribution in [3.63, 3.8) is 0 Å². The summed E-state index contributed by atoms with van der Waals surface area (Å²) in [5.41, 5.74) is 1.73. The minimum Gasteiger partial charge on any atom is -0.497 e. The number of amides is 2. The van der Waals surface area contributed by atoms with Crippen molar-refractivity contribution in [2.75, 3.05) is 30.4 Å². The number of ether oxygens (including phenoxy) is 1. The molecule has 4 heterocycles. The number of anilines is 2. The highest BCUT2D eigenvalue weighted by Crippen LogP contribution is 2.34. The molecule has 1 aromatic heterocycles. The number of nitrogens with zero attached hydrogens (tertiary/aromatic N) is 4.